The van der Waals surface area contributed by atoms with Crippen LogP contribution in [0.25, 0.3) is 0 Å². The number of aromatic nitrogens is 4. The molecule has 0 unspecified atom stereocenters. The zero-order valence-electron chi connectivity index (χ0n) is 13.5. The summed E-state index contributed by atoms with van der Waals surface area (Å²) in [6.45, 7) is 5.79. The summed E-state index contributed by atoms with van der Waals surface area (Å²) >= 11 is 0. The lowest BCUT2D eigenvalue weighted by Crippen LogP contribution is -2.49. The topological polar surface area (TPSA) is 84.2 Å². The van der Waals surface area contributed by atoms with Crippen molar-refractivity contribution in [2.75, 3.05) is 31.1 Å². The molecule has 0 spiro atoms. The average Bonchev–Trinajstić information content (AvgIpc) is 2.94. The highest BCUT2D eigenvalue weighted by molar-refractivity contribution is 7.89. The number of aryl methyl sites for hydroxylation is 3. The summed E-state index contributed by atoms with van der Waals surface area (Å²) in [4.78, 5) is 14.9. The van der Waals surface area contributed by atoms with Gasteiger partial charge in [-0.2, -0.15) is 4.31 Å². The maximum absolute atomic E-state index is 12.6. The molecular weight excluding hydrogens is 316 g/mol. The largest absolute Gasteiger partial charge is 0.339 e. The van der Waals surface area contributed by atoms with Gasteiger partial charge in [-0.15, -0.1) is 0 Å². The van der Waals surface area contributed by atoms with E-state index in [-0.39, 0.29) is 5.03 Å². The lowest BCUT2D eigenvalue weighted by atomic mass is 10.3. The Balaban J connectivity index is 1.73. The number of hydrogen-bond acceptors (Lipinski definition) is 6. The minimum absolute atomic E-state index is 0.0936. The van der Waals surface area contributed by atoms with E-state index < -0.39 is 10.0 Å². The summed E-state index contributed by atoms with van der Waals surface area (Å²) in [5.41, 5.74) is 1.83. The average molecular weight is 336 g/mol. The van der Waals surface area contributed by atoms with Gasteiger partial charge in [0.2, 0.25) is 5.95 Å². The number of nitrogens with zero attached hydrogens (tertiary/aromatic N) is 6. The van der Waals surface area contributed by atoms with Gasteiger partial charge in [0.05, 0.1) is 6.33 Å². The summed E-state index contributed by atoms with van der Waals surface area (Å²) < 4.78 is 28.2. The van der Waals surface area contributed by atoms with Crippen LogP contribution in [0.3, 0.4) is 0 Å². The monoisotopic (exact) mass is 336 g/mol. The molecule has 1 fully saturated rings. The number of piperazine rings is 1. The van der Waals surface area contributed by atoms with E-state index in [9.17, 15) is 8.42 Å². The molecule has 3 heterocycles. The molecule has 23 heavy (non-hydrogen) atoms. The van der Waals surface area contributed by atoms with Gasteiger partial charge in [-0.1, -0.05) is 0 Å². The third kappa shape index (κ3) is 3.20. The Kier molecular flexibility index (Phi) is 4.07. The second-order valence-corrected chi connectivity index (χ2v) is 7.60. The molecule has 1 aliphatic heterocycles. The molecular formula is C14H20N6O2S. The summed E-state index contributed by atoms with van der Waals surface area (Å²) in [5.74, 6) is 0.664. The molecule has 0 amide bonds. The number of rotatable bonds is 3. The second-order valence-electron chi connectivity index (χ2n) is 5.72. The zero-order chi connectivity index (χ0) is 16.6. The van der Waals surface area contributed by atoms with Crippen molar-refractivity contribution < 1.29 is 8.42 Å². The van der Waals surface area contributed by atoms with E-state index in [4.69, 9.17) is 0 Å². The van der Waals surface area contributed by atoms with E-state index in [1.54, 1.807) is 11.6 Å². The van der Waals surface area contributed by atoms with E-state index in [0.29, 0.717) is 32.1 Å². The van der Waals surface area contributed by atoms with Crippen LogP contribution in [0.4, 0.5) is 5.95 Å². The van der Waals surface area contributed by atoms with Crippen LogP contribution in [0.2, 0.25) is 0 Å². The van der Waals surface area contributed by atoms with E-state index >= 15 is 0 Å². The van der Waals surface area contributed by atoms with Gasteiger partial charge in [-0.3, -0.25) is 0 Å². The maximum atomic E-state index is 12.6. The quantitative estimate of drug-likeness (QED) is 0.803. The van der Waals surface area contributed by atoms with Crippen LogP contribution in [0, 0.1) is 13.8 Å². The fourth-order valence-electron chi connectivity index (χ4n) is 2.63. The van der Waals surface area contributed by atoms with Crippen LogP contribution < -0.4 is 4.90 Å². The molecule has 0 aliphatic carbocycles. The van der Waals surface area contributed by atoms with Crippen LogP contribution >= 0.6 is 0 Å². The third-order valence-corrected chi connectivity index (χ3v) is 5.56. The molecule has 0 aromatic carbocycles. The van der Waals surface area contributed by atoms with Crippen LogP contribution in [-0.4, -0.2) is 58.4 Å². The number of hydrogen-bond donors (Lipinski definition) is 0. The predicted octanol–water partition coefficient (Wildman–Crippen LogP) is 0.338. The summed E-state index contributed by atoms with van der Waals surface area (Å²) in [5, 5.41) is 0.0936. The molecule has 1 saturated heterocycles. The Hall–Kier alpha value is -2.00. The van der Waals surface area contributed by atoms with Gasteiger partial charge in [-0.25, -0.2) is 23.4 Å². The fraction of sp³-hybridized carbons (Fsp3) is 0.500. The van der Waals surface area contributed by atoms with Crippen molar-refractivity contribution in [3.8, 4) is 0 Å². The van der Waals surface area contributed by atoms with E-state index in [2.05, 4.69) is 15.0 Å². The molecule has 8 nitrogen and oxygen atoms in total. The molecule has 0 bridgehead atoms. The molecule has 9 heteroatoms. The lowest BCUT2D eigenvalue weighted by molar-refractivity contribution is 0.381. The van der Waals surface area contributed by atoms with Gasteiger partial charge in [-0.05, 0) is 19.9 Å². The van der Waals surface area contributed by atoms with Gasteiger partial charge >= 0.3 is 0 Å². The third-order valence-electron chi connectivity index (χ3n) is 3.78. The van der Waals surface area contributed by atoms with Crippen LogP contribution in [-0.2, 0) is 17.1 Å². The first-order valence-corrected chi connectivity index (χ1v) is 8.85. The lowest BCUT2D eigenvalue weighted by Gasteiger charge is -2.33. The van der Waals surface area contributed by atoms with Crippen LogP contribution in [0.5, 0.6) is 0 Å². The molecule has 0 atom stereocenters. The Morgan fingerprint density at radius 2 is 1.65 bits per heavy atom. The number of anilines is 1. The van der Waals surface area contributed by atoms with Crippen LogP contribution in [0.15, 0.2) is 23.6 Å². The molecule has 0 saturated carbocycles. The Labute approximate surface area is 135 Å². The van der Waals surface area contributed by atoms with Gasteiger partial charge in [0.25, 0.3) is 10.0 Å². The molecule has 2 aromatic rings. The Morgan fingerprint density at radius 3 is 2.17 bits per heavy atom. The van der Waals surface area contributed by atoms with Crippen molar-refractivity contribution in [2.45, 2.75) is 18.9 Å². The molecule has 1 aliphatic rings. The van der Waals surface area contributed by atoms with Gasteiger partial charge in [0.1, 0.15) is 0 Å². The van der Waals surface area contributed by atoms with Crippen molar-refractivity contribution in [1.82, 2.24) is 23.8 Å². The molecule has 0 N–H and O–H groups in total. The van der Waals surface area contributed by atoms with Gasteiger partial charge in [0, 0.05) is 50.8 Å². The smallest absolute Gasteiger partial charge is 0.262 e. The zero-order valence-corrected chi connectivity index (χ0v) is 14.3. The van der Waals surface area contributed by atoms with Gasteiger partial charge < -0.3 is 9.47 Å². The SMILES string of the molecule is Cc1cc(C)nc(N2CCN(S(=O)(=O)c3cn(C)cn3)CC2)n1. The first-order chi connectivity index (χ1) is 10.9. The predicted molar refractivity (Wildman–Crippen MR) is 85.7 cm³/mol. The van der Waals surface area contributed by atoms with E-state index in [1.807, 2.05) is 24.8 Å². The highest BCUT2D eigenvalue weighted by atomic mass is 32.2. The normalized spacial score (nSPS) is 16.7. The van der Waals surface area contributed by atoms with E-state index in [0.717, 1.165) is 11.4 Å². The van der Waals surface area contributed by atoms with Crippen molar-refractivity contribution in [1.29, 1.82) is 0 Å². The van der Waals surface area contributed by atoms with E-state index in [1.165, 1.54) is 16.8 Å². The van der Waals surface area contributed by atoms with Crippen molar-refractivity contribution in [2.24, 2.45) is 7.05 Å². The second kappa shape index (κ2) is 5.89. The Bertz CT molecular complexity index is 788. The minimum Gasteiger partial charge on any atom is -0.339 e. The summed E-state index contributed by atoms with van der Waals surface area (Å²) in [6.07, 6.45) is 3.02. The van der Waals surface area contributed by atoms with Crippen LogP contribution in [0.1, 0.15) is 11.4 Å². The van der Waals surface area contributed by atoms with Crippen molar-refractivity contribution in [3.63, 3.8) is 0 Å². The minimum atomic E-state index is -3.53. The summed E-state index contributed by atoms with van der Waals surface area (Å²) in [7, 11) is -1.78. The highest BCUT2D eigenvalue weighted by Gasteiger charge is 2.30. The van der Waals surface area contributed by atoms with Crippen molar-refractivity contribution in [3.05, 3.63) is 30.0 Å². The molecule has 3 rings (SSSR count). The number of sulfonamides is 1. The molecule has 124 valence electrons. The highest BCUT2D eigenvalue weighted by Crippen LogP contribution is 2.18. The fourth-order valence-corrected chi connectivity index (χ4v) is 4.02. The first-order valence-electron chi connectivity index (χ1n) is 7.41. The Morgan fingerprint density at radius 1 is 1.04 bits per heavy atom. The maximum Gasteiger partial charge on any atom is 0.262 e. The standard InChI is InChI=1S/C14H20N6O2S/c1-11-8-12(2)17-14(16-11)19-4-6-20(7-5-19)23(21,22)13-9-18(3)10-15-13/h8-10H,4-7H2,1-3H3. The summed E-state index contributed by atoms with van der Waals surface area (Å²) in [6, 6.07) is 1.92. The molecule has 0 radical (unpaired) electrons. The molecule has 2 aromatic heterocycles. The number of imidazole rings is 1. The van der Waals surface area contributed by atoms with Gasteiger partial charge in [0.15, 0.2) is 5.03 Å². The van der Waals surface area contributed by atoms with Crippen molar-refractivity contribution >= 4 is 16.0 Å². The first kappa shape index (κ1) is 15.9.